The topological polar surface area (TPSA) is 70.1 Å². The van der Waals surface area contributed by atoms with Crippen molar-refractivity contribution in [3.63, 3.8) is 0 Å². The zero-order valence-corrected chi connectivity index (χ0v) is 13.0. The highest BCUT2D eigenvalue weighted by atomic mass is 16.5. The molecule has 0 spiro atoms. The second-order valence-corrected chi connectivity index (χ2v) is 6.33. The van der Waals surface area contributed by atoms with Gasteiger partial charge in [-0.15, -0.1) is 0 Å². The Morgan fingerprint density at radius 1 is 1.24 bits per heavy atom. The summed E-state index contributed by atoms with van der Waals surface area (Å²) < 4.78 is 5.55. The Morgan fingerprint density at radius 2 is 1.90 bits per heavy atom. The third-order valence-corrected chi connectivity index (χ3v) is 4.41. The molecule has 2 unspecified atom stereocenters. The maximum Gasteiger partial charge on any atom is 0.320 e. The summed E-state index contributed by atoms with van der Waals surface area (Å²) in [5.41, 5.74) is 0. The molecular formula is C15H26N2O4. The predicted octanol–water partition coefficient (Wildman–Crippen LogP) is 1.79. The molecule has 2 aliphatic heterocycles. The highest BCUT2D eigenvalue weighted by Gasteiger charge is 2.34. The number of ether oxygens (including phenoxy) is 1. The number of carbonyl (C=O) groups is 2. The molecule has 0 bridgehead atoms. The van der Waals surface area contributed by atoms with Gasteiger partial charge in [-0.1, -0.05) is 6.92 Å². The summed E-state index contributed by atoms with van der Waals surface area (Å²) in [4.78, 5) is 26.8. The standard InChI is InChI=1S/C15H26N2O4/c1-11-9-12(2)17(10-11)15(20)16-6-3-13(4-7-16)21-8-5-14(18)19/h11-13H,3-10H2,1-2H3,(H,18,19). The second kappa shape index (κ2) is 7.11. The van der Waals surface area contributed by atoms with Gasteiger partial charge in [0, 0.05) is 25.7 Å². The first-order valence-electron chi connectivity index (χ1n) is 7.86. The van der Waals surface area contributed by atoms with Crippen LogP contribution in [0.5, 0.6) is 0 Å². The number of nitrogens with zero attached hydrogens (tertiary/aromatic N) is 2. The molecule has 120 valence electrons. The Bertz CT molecular complexity index is 380. The van der Waals surface area contributed by atoms with Gasteiger partial charge in [0.1, 0.15) is 0 Å². The molecule has 2 rings (SSSR count). The van der Waals surface area contributed by atoms with E-state index in [2.05, 4.69) is 13.8 Å². The third-order valence-electron chi connectivity index (χ3n) is 4.41. The number of urea groups is 1. The zero-order valence-electron chi connectivity index (χ0n) is 13.0. The van der Waals surface area contributed by atoms with Crippen LogP contribution in [-0.4, -0.2) is 65.3 Å². The van der Waals surface area contributed by atoms with E-state index in [-0.39, 0.29) is 25.2 Å². The van der Waals surface area contributed by atoms with Crippen LogP contribution in [0.25, 0.3) is 0 Å². The first-order chi connectivity index (χ1) is 9.97. The number of hydrogen-bond acceptors (Lipinski definition) is 3. The molecule has 6 nitrogen and oxygen atoms in total. The van der Waals surface area contributed by atoms with E-state index in [1.54, 1.807) is 0 Å². The molecule has 0 radical (unpaired) electrons. The first-order valence-corrected chi connectivity index (χ1v) is 7.86. The lowest BCUT2D eigenvalue weighted by molar-refractivity contribution is -0.138. The van der Waals surface area contributed by atoms with E-state index >= 15 is 0 Å². The van der Waals surface area contributed by atoms with Crippen LogP contribution in [0.2, 0.25) is 0 Å². The number of carboxylic acids is 1. The summed E-state index contributed by atoms with van der Waals surface area (Å²) in [7, 11) is 0. The highest BCUT2D eigenvalue weighted by Crippen LogP contribution is 2.25. The van der Waals surface area contributed by atoms with E-state index < -0.39 is 5.97 Å². The lowest BCUT2D eigenvalue weighted by Crippen LogP contribution is -2.49. The summed E-state index contributed by atoms with van der Waals surface area (Å²) in [5, 5.41) is 8.59. The summed E-state index contributed by atoms with van der Waals surface area (Å²) in [6.07, 6.45) is 2.80. The van der Waals surface area contributed by atoms with Gasteiger partial charge in [0.05, 0.1) is 19.1 Å². The van der Waals surface area contributed by atoms with Crippen LogP contribution in [0.4, 0.5) is 4.79 Å². The molecule has 2 aliphatic rings. The van der Waals surface area contributed by atoms with Gasteiger partial charge in [-0.05, 0) is 32.1 Å². The fourth-order valence-corrected chi connectivity index (χ4v) is 3.27. The van der Waals surface area contributed by atoms with Crippen LogP contribution >= 0.6 is 0 Å². The Hall–Kier alpha value is -1.30. The number of carbonyl (C=O) groups excluding carboxylic acids is 1. The van der Waals surface area contributed by atoms with Gasteiger partial charge < -0.3 is 19.6 Å². The summed E-state index contributed by atoms with van der Waals surface area (Å²) in [6.45, 7) is 6.82. The molecule has 0 aromatic carbocycles. The molecule has 6 heteroatoms. The van der Waals surface area contributed by atoms with Crippen molar-refractivity contribution in [3.05, 3.63) is 0 Å². The monoisotopic (exact) mass is 298 g/mol. The van der Waals surface area contributed by atoms with Crippen molar-refractivity contribution in [1.82, 2.24) is 9.80 Å². The van der Waals surface area contributed by atoms with E-state index in [9.17, 15) is 9.59 Å². The van der Waals surface area contributed by atoms with Crippen molar-refractivity contribution >= 4 is 12.0 Å². The lowest BCUT2D eigenvalue weighted by atomic mass is 10.1. The van der Waals surface area contributed by atoms with E-state index in [0.29, 0.717) is 25.0 Å². The fraction of sp³-hybridized carbons (Fsp3) is 0.867. The van der Waals surface area contributed by atoms with Crippen LogP contribution in [-0.2, 0) is 9.53 Å². The average Bonchev–Trinajstić information content (AvgIpc) is 2.77. The Morgan fingerprint density at radius 3 is 2.43 bits per heavy atom. The van der Waals surface area contributed by atoms with Crippen molar-refractivity contribution in [2.24, 2.45) is 5.92 Å². The summed E-state index contributed by atoms with van der Waals surface area (Å²) >= 11 is 0. The Balaban J connectivity index is 1.73. The quantitative estimate of drug-likeness (QED) is 0.859. The van der Waals surface area contributed by atoms with E-state index in [4.69, 9.17) is 9.84 Å². The Kier molecular flexibility index (Phi) is 5.45. The minimum absolute atomic E-state index is 0.0440. The van der Waals surface area contributed by atoms with Crippen LogP contribution in [0.3, 0.4) is 0 Å². The maximum atomic E-state index is 12.5. The molecule has 2 saturated heterocycles. The number of likely N-dealkylation sites (tertiary alicyclic amines) is 2. The smallest absolute Gasteiger partial charge is 0.320 e. The zero-order chi connectivity index (χ0) is 15.4. The maximum absolute atomic E-state index is 12.5. The molecule has 2 amide bonds. The van der Waals surface area contributed by atoms with Gasteiger partial charge >= 0.3 is 12.0 Å². The van der Waals surface area contributed by atoms with Crippen molar-refractivity contribution in [2.45, 2.75) is 51.7 Å². The van der Waals surface area contributed by atoms with E-state index in [1.807, 2.05) is 9.80 Å². The van der Waals surface area contributed by atoms with Gasteiger partial charge in [-0.25, -0.2) is 4.79 Å². The number of piperidine rings is 1. The SMILES string of the molecule is CC1CC(C)N(C(=O)N2CCC(OCCC(=O)O)CC2)C1. The van der Waals surface area contributed by atoms with Crippen molar-refractivity contribution in [1.29, 1.82) is 0 Å². The molecule has 2 atom stereocenters. The fourth-order valence-electron chi connectivity index (χ4n) is 3.27. The van der Waals surface area contributed by atoms with Gasteiger partial charge in [-0.2, -0.15) is 0 Å². The van der Waals surface area contributed by atoms with Crippen LogP contribution in [0.1, 0.15) is 39.5 Å². The summed E-state index contributed by atoms with van der Waals surface area (Å²) in [6, 6.07) is 0.480. The summed E-state index contributed by atoms with van der Waals surface area (Å²) in [5.74, 6) is -0.249. The van der Waals surface area contributed by atoms with Gasteiger partial charge in [0.25, 0.3) is 0 Å². The van der Waals surface area contributed by atoms with Crippen molar-refractivity contribution in [2.75, 3.05) is 26.2 Å². The highest BCUT2D eigenvalue weighted by molar-refractivity contribution is 5.75. The van der Waals surface area contributed by atoms with E-state index in [0.717, 1.165) is 25.8 Å². The van der Waals surface area contributed by atoms with Crippen LogP contribution in [0, 0.1) is 5.92 Å². The van der Waals surface area contributed by atoms with E-state index in [1.165, 1.54) is 0 Å². The number of rotatable bonds is 4. The second-order valence-electron chi connectivity index (χ2n) is 6.33. The van der Waals surface area contributed by atoms with Crippen molar-refractivity contribution < 1.29 is 19.4 Å². The van der Waals surface area contributed by atoms with Gasteiger partial charge in [0.15, 0.2) is 0 Å². The average molecular weight is 298 g/mol. The van der Waals surface area contributed by atoms with Gasteiger partial charge in [0.2, 0.25) is 0 Å². The third kappa shape index (κ3) is 4.33. The molecule has 0 aromatic heterocycles. The minimum atomic E-state index is -0.834. The molecule has 1 N–H and O–H groups in total. The lowest BCUT2D eigenvalue weighted by Gasteiger charge is -2.35. The van der Waals surface area contributed by atoms with Gasteiger partial charge in [-0.3, -0.25) is 4.79 Å². The molecule has 21 heavy (non-hydrogen) atoms. The number of aliphatic carboxylic acids is 1. The number of carboxylic acid groups (broad SMARTS) is 1. The minimum Gasteiger partial charge on any atom is -0.481 e. The normalized spacial score (nSPS) is 27.1. The first kappa shape index (κ1) is 16.1. The van der Waals surface area contributed by atoms with Crippen molar-refractivity contribution in [3.8, 4) is 0 Å². The molecular weight excluding hydrogens is 272 g/mol. The largest absolute Gasteiger partial charge is 0.481 e. The molecule has 0 saturated carbocycles. The molecule has 2 fully saturated rings. The Labute approximate surface area is 126 Å². The molecule has 2 heterocycles. The molecule has 0 aliphatic carbocycles. The number of amides is 2. The number of hydrogen-bond donors (Lipinski definition) is 1. The molecule has 0 aromatic rings. The predicted molar refractivity (Wildman–Crippen MR) is 78.1 cm³/mol. The van der Waals surface area contributed by atoms with Crippen LogP contribution < -0.4 is 0 Å². The van der Waals surface area contributed by atoms with Crippen LogP contribution in [0.15, 0.2) is 0 Å².